The largest absolute Gasteiger partial charge is 0.350 e. The number of hydrogen-bond acceptors (Lipinski definition) is 4. The molecule has 0 rings (SSSR count). The molecule has 0 aliphatic carbocycles. The summed E-state index contributed by atoms with van der Waals surface area (Å²) in [5, 5.41) is 2.06. The summed E-state index contributed by atoms with van der Waals surface area (Å²) in [5.41, 5.74) is 10.0. The van der Waals surface area contributed by atoms with Crippen LogP contribution in [-0.4, -0.2) is 35.2 Å². The Labute approximate surface area is 120 Å². The maximum Gasteiger partial charge on any atom is 0.328 e. The van der Waals surface area contributed by atoms with Gasteiger partial charge in [0.2, 0.25) is 0 Å². The summed E-state index contributed by atoms with van der Waals surface area (Å²) in [6, 6.07) is -1.23. The van der Waals surface area contributed by atoms with Crippen LogP contribution in [0.2, 0.25) is 0 Å². The van der Waals surface area contributed by atoms with Gasteiger partial charge in [-0.05, 0) is 18.3 Å². The van der Waals surface area contributed by atoms with Gasteiger partial charge >= 0.3 is 12.1 Å². The summed E-state index contributed by atoms with van der Waals surface area (Å²) in [5.74, 6) is 10.9. The van der Waals surface area contributed by atoms with Gasteiger partial charge in [0.1, 0.15) is 0 Å². The van der Waals surface area contributed by atoms with E-state index in [1.54, 1.807) is 0 Å². The summed E-state index contributed by atoms with van der Waals surface area (Å²) < 4.78 is 0. The highest BCUT2D eigenvalue weighted by Gasteiger charge is 2.21. The molecule has 0 aliphatic heterocycles. The van der Waals surface area contributed by atoms with E-state index in [1.165, 1.54) is 0 Å². The van der Waals surface area contributed by atoms with Crippen LogP contribution in [0.15, 0.2) is 0 Å². The minimum absolute atomic E-state index is 0.0725. The Balaban J connectivity index is 3.73. The van der Waals surface area contributed by atoms with Crippen LogP contribution in [0.4, 0.5) is 9.59 Å². The molecular weight excluding hydrogens is 260 g/mol. The lowest BCUT2D eigenvalue weighted by Crippen LogP contribution is -2.46. The third kappa shape index (κ3) is 8.54. The van der Waals surface area contributed by atoms with E-state index in [4.69, 9.17) is 23.2 Å². The first-order valence-corrected chi connectivity index (χ1v) is 6.79. The predicted octanol–water partition coefficient (Wildman–Crippen LogP) is 0.472. The lowest BCUT2D eigenvalue weighted by Gasteiger charge is -2.29. The molecule has 0 saturated carbocycles. The van der Waals surface area contributed by atoms with Crippen molar-refractivity contribution in [2.24, 2.45) is 28.6 Å². The molecule has 0 fully saturated rings. The van der Waals surface area contributed by atoms with Crippen molar-refractivity contribution in [2.75, 3.05) is 13.1 Å². The molecule has 118 valence electrons. The van der Waals surface area contributed by atoms with Crippen molar-refractivity contribution in [2.45, 2.75) is 46.0 Å². The maximum atomic E-state index is 10.9. The molecule has 0 atom stereocenters. The Morgan fingerprint density at radius 2 is 1.40 bits per heavy atom. The van der Waals surface area contributed by atoms with Crippen molar-refractivity contribution in [3.8, 4) is 0 Å². The molecule has 0 aromatic heterocycles. The molecule has 8 heteroatoms. The van der Waals surface area contributed by atoms with Crippen LogP contribution < -0.4 is 23.2 Å². The van der Waals surface area contributed by atoms with E-state index in [9.17, 15) is 9.59 Å². The average molecular weight is 288 g/mol. The average Bonchev–Trinajstić information content (AvgIpc) is 2.32. The van der Waals surface area contributed by atoms with E-state index in [2.05, 4.69) is 0 Å². The molecule has 0 heterocycles. The fourth-order valence-electron chi connectivity index (χ4n) is 1.97. The molecular formula is C12H28N6O2. The van der Waals surface area contributed by atoms with Gasteiger partial charge in [0.25, 0.3) is 0 Å². The highest BCUT2D eigenvalue weighted by atomic mass is 16.2. The van der Waals surface area contributed by atoms with Gasteiger partial charge in [-0.3, -0.25) is 10.0 Å². The van der Waals surface area contributed by atoms with Crippen molar-refractivity contribution in [1.82, 2.24) is 10.0 Å². The van der Waals surface area contributed by atoms with Crippen LogP contribution in [0.25, 0.3) is 0 Å². The monoisotopic (exact) mass is 288 g/mol. The van der Waals surface area contributed by atoms with Crippen molar-refractivity contribution < 1.29 is 9.59 Å². The second kappa shape index (κ2) is 8.60. The SMILES string of the molecule is CC(C)(CCCCCCN(N)C(N)=O)CN(N)C(N)=O. The number of urea groups is 2. The van der Waals surface area contributed by atoms with Crippen molar-refractivity contribution in [3.05, 3.63) is 0 Å². The lowest BCUT2D eigenvalue weighted by atomic mass is 9.86. The fraction of sp³-hybridized carbons (Fsp3) is 0.833. The standard InChI is InChI=1S/C12H28N6O2/c1-12(2,9-18(16)11(14)20)7-5-3-4-6-8-17(15)10(13)19/h3-9,15-16H2,1-2H3,(H2,13,19)(H2,14,20). The maximum absolute atomic E-state index is 10.9. The topological polar surface area (TPSA) is 145 Å². The summed E-state index contributed by atoms with van der Waals surface area (Å²) in [6.45, 7) is 4.99. The molecule has 8 nitrogen and oxygen atoms in total. The molecule has 4 amide bonds. The Hall–Kier alpha value is -1.54. The highest BCUT2D eigenvalue weighted by molar-refractivity contribution is 5.71. The van der Waals surface area contributed by atoms with E-state index in [0.29, 0.717) is 13.1 Å². The summed E-state index contributed by atoms with van der Waals surface area (Å²) in [6.07, 6.45) is 4.78. The van der Waals surface area contributed by atoms with Crippen molar-refractivity contribution >= 4 is 12.1 Å². The molecule has 0 bridgehead atoms. The number of carbonyl (C=O) groups is 2. The minimum atomic E-state index is -0.618. The van der Waals surface area contributed by atoms with Crippen LogP contribution in [0.1, 0.15) is 46.0 Å². The minimum Gasteiger partial charge on any atom is -0.350 e. The number of nitrogens with zero attached hydrogens (tertiary/aromatic N) is 2. The fourth-order valence-corrected chi connectivity index (χ4v) is 1.97. The van der Waals surface area contributed by atoms with Gasteiger partial charge in [0.05, 0.1) is 0 Å². The third-order valence-corrected chi connectivity index (χ3v) is 3.17. The van der Waals surface area contributed by atoms with E-state index in [-0.39, 0.29) is 5.41 Å². The van der Waals surface area contributed by atoms with Gasteiger partial charge in [0.15, 0.2) is 0 Å². The van der Waals surface area contributed by atoms with Crippen LogP contribution in [0, 0.1) is 5.41 Å². The summed E-state index contributed by atoms with van der Waals surface area (Å²) in [4.78, 5) is 21.6. The second-order valence-corrected chi connectivity index (χ2v) is 5.83. The quantitative estimate of drug-likeness (QED) is 0.211. The lowest BCUT2D eigenvalue weighted by molar-refractivity contribution is 0.169. The molecule has 0 spiro atoms. The first-order valence-electron chi connectivity index (χ1n) is 6.79. The molecule has 0 radical (unpaired) electrons. The zero-order valence-corrected chi connectivity index (χ0v) is 12.5. The van der Waals surface area contributed by atoms with Crippen LogP contribution in [0.3, 0.4) is 0 Å². The van der Waals surface area contributed by atoms with E-state index in [0.717, 1.165) is 42.1 Å². The molecule has 0 aliphatic rings. The zero-order chi connectivity index (χ0) is 15.8. The Bertz CT molecular complexity index is 321. The van der Waals surface area contributed by atoms with Crippen molar-refractivity contribution in [1.29, 1.82) is 0 Å². The van der Waals surface area contributed by atoms with Crippen LogP contribution >= 0.6 is 0 Å². The number of primary amides is 2. The van der Waals surface area contributed by atoms with Gasteiger partial charge < -0.3 is 11.5 Å². The van der Waals surface area contributed by atoms with Gasteiger partial charge in [-0.15, -0.1) is 0 Å². The Kier molecular flexibility index (Phi) is 7.93. The number of unbranched alkanes of at least 4 members (excludes halogenated alkanes) is 3. The molecule has 0 saturated heterocycles. The van der Waals surface area contributed by atoms with Gasteiger partial charge in [0, 0.05) is 13.1 Å². The predicted molar refractivity (Wildman–Crippen MR) is 77.8 cm³/mol. The Morgan fingerprint density at radius 1 is 0.900 bits per heavy atom. The number of nitrogens with two attached hydrogens (primary N) is 4. The normalized spacial score (nSPS) is 11.2. The summed E-state index contributed by atoms with van der Waals surface area (Å²) >= 11 is 0. The Morgan fingerprint density at radius 3 is 1.90 bits per heavy atom. The molecule has 0 aromatic rings. The van der Waals surface area contributed by atoms with E-state index < -0.39 is 12.1 Å². The first-order chi connectivity index (χ1) is 9.15. The molecule has 20 heavy (non-hydrogen) atoms. The first kappa shape index (κ1) is 18.5. The smallest absolute Gasteiger partial charge is 0.328 e. The molecule has 0 unspecified atom stereocenters. The molecule has 0 aromatic carbocycles. The van der Waals surface area contributed by atoms with E-state index in [1.807, 2.05) is 13.8 Å². The number of rotatable bonds is 9. The van der Waals surface area contributed by atoms with Crippen molar-refractivity contribution in [3.63, 3.8) is 0 Å². The third-order valence-electron chi connectivity index (χ3n) is 3.17. The highest BCUT2D eigenvalue weighted by Crippen LogP contribution is 2.24. The van der Waals surface area contributed by atoms with Gasteiger partial charge in [-0.2, -0.15) is 0 Å². The van der Waals surface area contributed by atoms with Gasteiger partial charge in [-0.1, -0.05) is 33.1 Å². The number of hydrazine groups is 2. The second-order valence-electron chi connectivity index (χ2n) is 5.83. The van der Waals surface area contributed by atoms with Crippen LogP contribution in [-0.2, 0) is 0 Å². The zero-order valence-electron chi connectivity index (χ0n) is 12.5. The van der Waals surface area contributed by atoms with E-state index >= 15 is 0 Å². The number of carbonyl (C=O) groups excluding carboxylic acids is 2. The molecule has 8 N–H and O–H groups in total. The van der Waals surface area contributed by atoms with Gasteiger partial charge in [-0.25, -0.2) is 21.3 Å². The van der Waals surface area contributed by atoms with Crippen LogP contribution in [0.5, 0.6) is 0 Å². The number of hydrogen-bond donors (Lipinski definition) is 4. The summed E-state index contributed by atoms with van der Waals surface area (Å²) in [7, 11) is 0. The number of amides is 4.